The van der Waals surface area contributed by atoms with Crippen LogP contribution in [0.3, 0.4) is 0 Å². The molecule has 12 heavy (non-hydrogen) atoms. The Labute approximate surface area is 70.8 Å². The van der Waals surface area contributed by atoms with Crippen molar-refractivity contribution in [3.63, 3.8) is 0 Å². The molecule has 1 rings (SSSR count). The molecule has 0 N–H and O–H groups in total. The summed E-state index contributed by atoms with van der Waals surface area (Å²) < 4.78 is 6.08. The van der Waals surface area contributed by atoms with Gasteiger partial charge in [-0.1, -0.05) is 6.07 Å². The normalized spacial score (nSPS) is 8.42. The summed E-state index contributed by atoms with van der Waals surface area (Å²) in [7, 11) is 1.32. The molecule has 0 unspecified atom stereocenters. The Hall–Kier alpha value is -1.73. The van der Waals surface area contributed by atoms with E-state index in [-0.39, 0.29) is 0 Å². The van der Waals surface area contributed by atoms with Crippen molar-refractivity contribution in [3.8, 4) is 0 Å². The Morgan fingerprint density at radius 2 is 2.08 bits per heavy atom. The summed E-state index contributed by atoms with van der Waals surface area (Å²) in [5.41, 5.74) is 2.43. The van der Waals surface area contributed by atoms with Gasteiger partial charge < -0.3 is 9.84 Å². The first-order chi connectivity index (χ1) is 5.83. The maximum absolute atomic E-state index is 10.6. The minimum atomic E-state index is -0.480. The fourth-order valence-electron chi connectivity index (χ4n) is 0.684. The van der Waals surface area contributed by atoms with Gasteiger partial charge in [0.25, 0.3) is 0 Å². The minimum Gasteiger partial charge on any atom is -0.611 e. The van der Waals surface area contributed by atoms with Gasteiger partial charge in [0.05, 0.1) is 0 Å². The van der Waals surface area contributed by atoms with Crippen molar-refractivity contribution in [3.05, 3.63) is 42.3 Å². The summed E-state index contributed by atoms with van der Waals surface area (Å²) in [4.78, 5) is 0. The molecule has 3 nitrogen and oxygen atoms in total. The van der Waals surface area contributed by atoms with Crippen LogP contribution in [0.1, 0.15) is 0 Å². The SMILES string of the molecule is COC([O-])=C=C[n+]1ccccc1. The molecule has 0 saturated carbocycles. The first-order valence-electron chi connectivity index (χ1n) is 3.46. The molecule has 0 saturated heterocycles. The van der Waals surface area contributed by atoms with E-state index in [0.717, 1.165) is 0 Å². The zero-order chi connectivity index (χ0) is 8.81. The van der Waals surface area contributed by atoms with Crippen LogP contribution in [0, 0.1) is 0 Å². The van der Waals surface area contributed by atoms with E-state index in [1.165, 1.54) is 13.3 Å². The number of rotatable bonds is 2. The Balaban J connectivity index is 2.83. The number of hydrogen-bond acceptors (Lipinski definition) is 2. The van der Waals surface area contributed by atoms with Gasteiger partial charge in [0.2, 0.25) is 6.20 Å². The van der Waals surface area contributed by atoms with Gasteiger partial charge in [0, 0.05) is 12.1 Å². The minimum absolute atomic E-state index is 0.480. The third-order valence-corrected chi connectivity index (χ3v) is 1.26. The Bertz CT molecular complexity index is 300. The Morgan fingerprint density at radius 3 is 2.67 bits per heavy atom. The standard InChI is InChI=1S/C9H9NO2/c1-12-9(11)5-8-10-6-3-2-4-7-10/h2-4,6-8H,1H3. The van der Waals surface area contributed by atoms with Crippen LogP contribution < -0.4 is 9.67 Å². The molecule has 1 aromatic rings. The van der Waals surface area contributed by atoms with E-state index in [2.05, 4.69) is 10.5 Å². The first-order valence-corrected chi connectivity index (χ1v) is 3.46. The molecule has 0 aliphatic rings. The zero-order valence-corrected chi connectivity index (χ0v) is 6.73. The molecule has 0 amide bonds. The van der Waals surface area contributed by atoms with Crippen LogP contribution in [0.5, 0.6) is 0 Å². The molecule has 1 aromatic heterocycles. The van der Waals surface area contributed by atoms with Crippen molar-refractivity contribution in [2.45, 2.75) is 0 Å². The number of nitrogens with zero attached hydrogens (tertiary/aromatic N) is 1. The predicted molar refractivity (Wildman–Crippen MR) is 41.4 cm³/mol. The second kappa shape index (κ2) is 4.21. The van der Waals surface area contributed by atoms with Crippen LogP contribution in [-0.2, 0) is 4.74 Å². The number of aromatic nitrogens is 1. The maximum Gasteiger partial charge on any atom is 0.219 e. The van der Waals surface area contributed by atoms with Gasteiger partial charge in [-0.05, 0) is 12.8 Å². The monoisotopic (exact) mass is 163 g/mol. The van der Waals surface area contributed by atoms with Crippen LogP contribution in [0.25, 0.3) is 6.20 Å². The summed E-state index contributed by atoms with van der Waals surface area (Å²) in [5.74, 6) is -0.480. The van der Waals surface area contributed by atoms with Crippen molar-refractivity contribution < 1.29 is 14.4 Å². The van der Waals surface area contributed by atoms with Crippen molar-refractivity contribution in [1.29, 1.82) is 0 Å². The van der Waals surface area contributed by atoms with E-state index in [4.69, 9.17) is 0 Å². The first kappa shape index (κ1) is 8.37. The van der Waals surface area contributed by atoms with Gasteiger partial charge in [-0.3, -0.25) is 0 Å². The fourth-order valence-corrected chi connectivity index (χ4v) is 0.684. The molecule has 62 valence electrons. The van der Waals surface area contributed by atoms with Gasteiger partial charge in [-0.25, -0.2) is 0 Å². The molecule has 0 aliphatic heterocycles. The van der Waals surface area contributed by atoms with Crippen molar-refractivity contribution >= 4 is 6.20 Å². The number of methoxy groups -OCH3 is 1. The van der Waals surface area contributed by atoms with E-state index in [1.54, 1.807) is 17.0 Å². The third kappa shape index (κ3) is 2.48. The molecule has 1 heterocycles. The quantitative estimate of drug-likeness (QED) is 0.346. The number of hydrogen-bond donors (Lipinski definition) is 0. The lowest BCUT2D eigenvalue weighted by Gasteiger charge is -2.01. The second-order valence-electron chi connectivity index (χ2n) is 2.09. The zero-order valence-electron chi connectivity index (χ0n) is 6.73. The lowest BCUT2D eigenvalue weighted by molar-refractivity contribution is -0.568. The summed E-state index contributed by atoms with van der Waals surface area (Å²) >= 11 is 0. The highest BCUT2D eigenvalue weighted by atomic mass is 16.6. The van der Waals surface area contributed by atoms with Gasteiger partial charge in [0.1, 0.15) is 5.95 Å². The fraction of sp³-hybridized carbons (Fsp3) is 0.111. The van der Waals surface area contributed by atoms with Crippen LogP contribution in [0.4, 0.5) is 0 Å². The van der Waals surface area contributed by atoms with E-state index in [0.29, 0.717) is 0 Å². The summed E-state index contributed by atoms with van der Waals surface area (Å²) in [6, 6.07) is 5.60. The average molecular weight is 163 g/mol. The molecule has 0 atom stereocenters. The van der Waals surface area contributed by atoms with Crippen LogP contribution in [0.2, 0.25) is 0 Å². The van der Waals surface area contributed by atoms with Gasteiger partial charge in [-0.15, -0.1) is 0 Å². The highest BCUT2D eigenvalue weighted by molar-refractivity contribution is 5.05. The molecular formula is C9H9NO2. The number of pyridine rings is 1. The van der Waals surface area contributed by atoms with Gasteiger partial charge in [-0.2, -0.15) is 4.57 Å². The molecule has 0 bridgehead atoms. The number of ether oxygens (including phenoxy) is 1. The topological polar surface area (TPSA) is 36.2 Å². The summed E-state index contributed by atoms with van der Waals surface area (Å²) in [6.07, 6.45) is 5.11. The van der Waals surface area contributed by atoms with Crippen molar-refractivity contribution in [2.75, 3.05) is 7.11 Å². The van der Waals surface area contributed by atoms with Gasteiger partial charge >= 0.3 is 0 Å². The molecule has 0 aromatic carbocycles. The Kier molecular flexibility index (Phi) is 2.94. The molecule has 0 fully saturated rings. The Morgan fingerprint density at radius 1 is 1.42 bits per heavy atom. The van der Waals surface area contributed by atoms with Gasteiger partial charge in [0.15, 0.2) is 12.4 Å². The molecule has 0 spiro atoms. The highest BCUT2D eigenvalue weighted by Crippen LogP contribution is 1.79. The smallest absolute Gasteiger partial charge is 0.219 e. The molecule has 0 radical (unpaired) electrons. The summed E-state index contributed by atoms with van der Waals surface area (Å²) in [6.45, 7) is 0. The largest absolute Gasteiger partial charge is 0.611 e. The predicted octanol–water partition coefficient (Wildman–Crippen LogP) is -0.108. The molecule has 0 aliphatic carbocycles. The van der Waals surface area contributed by atoms with E-state index in [9.17, 15) is 5.11 Å². The average Bonchev–Trinajstić information content (AvgIpc) is 2.16. The van der Waals surface area contributed by atoms with Crippen LogP contribution in [0.15, 0.2) is 42.3 Å². The van der Waals surface area contributed by atoms with E-state index in [1.807, 2.05) is 18.2 Å². The van der Waals surface area contributed by atoms with Crippen molar-refractivity contribution in [2.24, 2.45) is 0 Å². The second-order valence-corrected chi connectivity index (χ2v) is 2.09. The van der Waals surface area contributed by atoms with E-state index < -0.39 is 5.95 Å². The highest BCUT2D eigenvalue weighted by Gasteiger charge is 1.86. The molecular weight excluding hydrogens is 154 g/mol. The van der Waals surface area contributed by atoms with Crippen molar-refractivity contribution in [1.82, 2.24) is 0 Å². The van der Waals surface area contributed by atoms with Crippen LogP contribution >= 0.6 is 0 Å². The lowest BCUT2D eigenvalue weighted by Crippen LogP contribution is -2.23. The summed E-state index contributed by atoms with van der Waals surface area (Å²) in [5, 5.41) is 10.6. The van der Waals surface area contributed by atoms with E-state index >= 15 is 0 Å². The van der Waals surface area contributed by atoms with Crippen LogP contribution in [-0.4, -0.2) is 7.11 Å². The maximum atomic E-state index is 10.6. The molecule has 3 heteroatoms. The lowest BCUT2D eigenvalue weighted by atomic mass is 10.5. The third-order valence-electron chi connectivity index (χ3n) is 1.26.